The number of hydrogen-bond donors (Lipinski definition) is 0. The summed E-state index contributed by atoms with van der Waals surface area (Å²) in [7, 11) is -2.11. The van der Waals surface area contributed by atoms with Crippen LogP contribution in [0.1, 0.15) is 36.1 Å². The van der Waals surface area contributed by atoms with Crippen LogP contribution in [0.5, 0.6) is 5.75 Å². The van der Waals surface area contributed by atoms with Crippen LogP contribution in [0.2, 0.25) is 0 Å². The highest BCUT2D eigenvalue weighted by Crippen LogP contribution is 2.36. The number of rotatable bonds is 4. The number of nitrogens with zero attached hydrogens (tertiary/aromatic N) is 2. The molecule has 0 unspecified atom stereocenters. The zero-order valence-electron chi connectivity index (χ0n) is 16.5. The average molecular weight is 387 g/mol. The Morgan fingerprint density at radius 2 is 1.78 bits per heavy atom. The molecule has 0 saturated carbocycles. The maximum atomic E-state index is 13.3. The van der Waals surface area contributed by atoms with Crippen LogP contribution in [0.4, 0.5) is 5.69 Å². The number of aryl methyl sites for hydroxylation is 2. The fourth-order valence-electron chi connectivity index (χ4n) is 3.39. The molecule has 0 N–H and O–H groups in total. The van der Waals surface area contributed by atoms with Crippen LogP contribution in [0, 0.1) is 25.2 Å². The predicted octanol–water partition coefficient (Wildman–Crippen LogP) is 4.16. The van der Waals surface area contributed by atoms with E-state index in [0.717, 1.165) is 11.1 Å². The first-order valence-corrected chi connectivity index (χ1v) is 10.5. The lowest BCUT2D eigenvalue weighted by molar-refractivity contribution is 0.413. The highest BCUT2D eigenvalue weighted by Gasteiger charge is 2.33. The van der Waals surface area contributed by atoms with Gasteiger partial charge in [0.05, 0.1) is 30.2 Å². The van der Waals surface area contributed by atoms with Gasteiger partial charge in [0, 0.05) is 6.54 Å². The van der Waals surface area contributed by atoms with Crippen molar-refractivity contribution in [3.05, 3.63) is 52.6 Å². The number of benzene rings is 2. The van der Waals surface area contributed by atoms with Crippen LogP contribution in [-0.2, 0) is 22.9 Å². The van der Waals surface area contributed by atoms with E-state index in [1.54, 1.807) is 33.1 Å². The zero-order chi connectivity index (χ0) is 20.2. The van der Waals surface area contributed by atoms with Gasteiger partial charge in [-0.3, -0.25) is 4.31 Å². The molecule has 3 rings (SSSR count). The molecule has 2 aromatic carbocycles. The normalized spacial score (nSPS) is 12.7. The lowest BCUT2D eigenvalue weighted by Gasteiger charge is -2.23. The minimum absolute atomic E-state index is 0.266. The number of nitriles is 1. The van der Waals surface area contributed by atoms with Crippen molar-refractivity contribution in [1.29, 1.82) is 5.26 Å². The molecule has 1 aliphatic rings. The molecule has 0 saturated heterocycles. The molecule has 2 aromatic rings. The standard InChI is InChI=1S/C19H20N2O3S.C2H6/c1-13-10-17(24-3)11-14(2)19(13)25(22,23)21-9-7-16-5-4-15(6-8-20)12-18(16)21;1-2/h4-5,10-12H,6-7,9H2,1-3H3;1-2H3. The number of sulfonamides is 1. The van der Waals surface area contributed by atoms with Crippen molar-refractivity contribution in [2.45, 2.75) is 45.4 Å². The Bertz CT molecular complexity index is 952. The topological polar surface area (TPSA) is 70.4 Å². The smallest absolute Gasteiger partial charge is 0.264 e. The summed E-state index contributed by atoms with van der Waals surface area (Å²) in [5.74, 6) is 0.645. The van der Waals surface area contributed by atoms with E-state index >= 15 is 0 Å². The Balaban J connectivity index is 0.00000126. The molecule has 1 heterocycles. The minimum Gasteiger partial charge on any atom is -0.497 e. The summed E-state index contributed by atoms with van der Waals surface area (Å²) >= 11 is 0. The SMILES string of the molecule is CC.COc1cc(C)c(S(=O)(=O)N2CCc3ccc(CC#N)cc32)c(C)c1. The minimum atomic E-state index is -3.68. The number of methoxy groups -OCH3 is 1. The molecule has 0 aromatic heterocycles. The summed E-state index contributed by atoms with van der Waals surface area (Å²) in [5.41, 5.74) is 3.83. The van der Waals surface area contributed by atoms with Crippen molar-refractivity contribution in [3.8, 4) is 11.8 Å². The molecule has 27 heavy (non-hydrogen) atoms. The molecule has 144 valence electrons. The van der Waals surface area contributed by atoms with Crippen molar-refractivity contribution < 1.29 is 13.2 Å². The first-order chi connectivity index (χ1) is 12.9. The van der Waals surface area contributed by atoms with Gasteiger partial charge in [0.25, 0.3) is 10.0 Å². The van der Waals surface area contributed by atoms with E-state index in [4.69, 9.17) is 10.00 Å². The summed E-state index contributed by atoms with van der Waals surface area (Å²) in [4.78, 5) is 0.326. The predicted molar refractivity (Wildman–Crippen MR) is 108 cm³/mol. The molecule has 0 amide bonds. The van der Waals surface area contributed by atoms with Gasteiger partial charge in [-0.2, -0.15) is 5.26 Å². The average Bonchev–Trinajstić information content (AvgIpc) is 3.07. The maximum absolute atomic E-state index is 13.3. The Morgan fingerprint density at radius 1 is 1.15 bits per heavy atom. The third-order valence-electron chi connectivity index (χ3n) is 4.50. The quantitative estimate of drug-likeness (QED) is 0.791. The number of anilines is 1. The number of fused-ring (bicyclic) bond motifs is 1. The van der Waals surface area contributed by atoms with Crippen molar-refractivity contribution in [1.82, 2.24) is 0 Å². The summed E-state index contributed by atoms with van der Waals surface area (Å²) in [5, 5.41) is 8.90. The summed E-state index contributed by atoms with van der Waals surface area (Å²) < 4.78 is 33.3. The van der Waals surface area contributed by atoms with Gasteiger partial charge in [-0.25, -0.2) is 8.42 Å². The second-order valence-electron chi connectivity index (χ2n) is 6.22. The van der Waals surface area contributed by atoms with Gasteiger partial charge in [-0.05, 0) is 60.7 Å². The molecule has 0 aliphatic carbocycles. The molecular formula is C21H26N2O3S. The van der Waals surface area contributed by atoms with Crippen LogP contribution >= 0.6 is 0 Å². The molecule has 0 spiro atoms. The molecule has 0 bridgehead atoms. The molecule has 0 atom stereocenters. The Morgan fingerprint density at radius 3 is 2.33 bits per heavy atom. The lowest BCUT2D eigenvalue weighted by Crippen LogP contribution is -2.30. The lowest BCUT2D eigenvalue weighted by atomic mass is 10.1. The Labute approximate surface area is 162 Å². The van der Waals surface area contributed by atoms with Crippen LogP contribution in [0.25, 0.3) is 0 Å². The van der Waals surface area contributed by atoms with Gasteiger partial charge in [0.1, 0.15) is 5.75 Å². The summed E-state index contributed by atoms with van der Waals surface area (Å²) in [6.45, 7) is 7.98. The van der Waals surface area contributed by atoms with Crippen LogP contribution in [0.15, 0.2) is 35.2 Å². The molecule has 0 fully saturated rings. The van der Waals surface area contributed by atoms with Gasteiger partial charge in [-0.15, -0.1) is 0 Å². The van der Waals surface area contributed by atoms with E-state index in [2.05, 4.69) is 6.07 Å². The van der Waals surface area contributed by atoms with E-state index < -0.39 is 10.0 Å². The molecular weight excluding hydrogens is 360 g/mol. The number of hydrogen-bond acceptors (Lipinski definition) is 4. The van der Waals surface area contributed by atoms with Crippen LogP contribution < -0.4 is 9.04 Å². The zero-order valence-corrected chi connectivity index (χ0v) is 17.4. The molecule has 1 aliphatic heterocycles. The largest absolute Gasteiger partial charge is 0.497 e. The summed E-state index contributed by atoms with van der Waals surface area (Å²) in [6.07, 6.45) is 0.942. The van der Waals surface area contributed by atoms with Gasteiger partial charge in [0.15, 0.2) is 0 Å². The third kappa shape index (κ3) is 3.93. The van der Waals surface area contributed by atoms with Crippen molar-refractivity contribution >= 4 is 15.7 Å². The van der Waals surface area contributed by atoms with E-state index in [0.29, 0.717) is 40.4 Å². The van der Waals surface area contributed by atoms with Gasteiger partial charge >= 0.3 is 0 Å². The van der Waals surface area contributed by atoms with Gasteiger partial charge in [0.2, 0.25) is 0 Å². The fraction of sp³-hybridized carbons (Fsp3) is 0.381. The highest BCUT2D eigenvalue weighted by atomic mass is 32.2. The van der Waals surface area contributed by atoms with E-state index in [-0.39, 0.29) is 6.42 Å². The third-order valence-corrected chi connectivity index (χ3v) is 6.62. The fourth-order valence-corrected chi connectivity index (χ4v) is 5.30. The second kappa shape index (κ2) is 8.45. The molecule has 6 heteroatoms. The summed E-state index contributed by atoms with van der Waals surface area (Å²) in [6, 6.07) is 11.2. The molecule has 5 nitrogen and oxygen atoms in total. The Hall–Kier alpha value is -2.52. The van der Waals surface area contributed by atoms with Crippen LogP contribution in [0.3, 0.4) is 0 Å². The molecule has 0 radical (unpaired) electrons. The first kappa shape index (κ1) is 20.8. The van der Waals surface area contributed by atoms with Crippen LogP contribution in [-0.4, -0.2) is 22.1 Å². The first-order valence-electron chi connectivity index (χ1n) is 9.05. The second-order valence-corrected chi connectivity index (χ2v) is 8.01. The highest BCUT2D eigenvalue weighted by molar-refractivity contribution is 7.93. The monoisotopic (exact) mass is 386 g/mol. The van der Waals surface area contributed by atoms with Crippen molar-refractivity contribution in [2.75, 3.05) is 18.0 Å². The van der Waals surface area contributed by atoms with E-state index in [9.17, 15) is 8.42 Å². The number of ether oxygens (including phenoxy) is 1. The van der Waals surface area contributed by atoms with Crippen molar-refractivity contribution in [2.24, 2.45) is 0 Å². The van der Waals surface area contributed by atoms with Gasteiger partial charge in [-0.1, -0.05) is 26.0 Å². The van der Waals surface area contributed by atoms with E-state index in [1.165, 1.54) is 4.31 Å². The van der Waals surface area contributed by atoms with E-state index in [1.807, 2.05) is 32.0 Å². The Kier molecular flexibility index (Phi) is 6.50. The van der Waals surface area contributed by atoms with Gasteiger partial charge < -0.3 is 4.74 Å². The van der Waals surface area contributed by atoms with Crippen molar-refractivity contribution in [3.63, 3.8) is 0 Å². The maximum Gasteiger partial charge on any atom is 0.264 e.